The molecule has 94 valence electrons. The van der Waals surface area contributed by atoms with E-state index in [0.29, 0.717) is 0 Å². The lowest BCUT2D eigenvalue weighted by Crippen LogP contribution is -2.00. The third-order valence-electron chi connectivity index (χ3n) is 1.92. The largest absolute Gasteiger partial charge is 0.392 e. The first kappa shape index (κ1) is 17.4. The van der Waals surface area contributed by atoms with Crippen LogP contribution in [0.2, 0.25) is 0 Å². The summed E-state index contributed by atoms with van der Waals surface area (Å²) in [4.78, 5) is 0. The fourth-order valence-electron chi connectivity index (χ4n) is 1.10. The van der Waals surface area contributed by atoms with Gasteiger partial charge in [0, 0.05) is 5.56 Å². The smallest absolute Gasteiger partial charge is 0.132 e. The zero-order valence-electron chi connectivity index (χ0n) is 11.0. The summed E-state index contributed by atoms with van der Waals surface area (Å²) < 4.78 is 26.0. The van der Waals surface area contributed by atoms with Crippen molar-refractivity contribution in [2.24, 2.45) is 0 Å². The van der Waals surface area contributed by atoms with Crippen LogP contribution < -0.4 is 0 Å². The highest BCUT2D eigenvalue weighted by Gasteiger charge is 2.11. The van der Waals surface area contributed by atoms with Gasteiger partial charge >= 0.3 is 0 Å². The molecular weight excluding hydrogens is 210 g/mol. The molecule has 3 heteroatoms. The highest BCUT2D eigenvalue weighted by atomic mass is 19.1. The first-order valence-corrected chi connectivity index (χ1v) is 5.63. The van der Waals surface area contributed by atoms with Gasteiger partial charge in [0.05, 0.1) is 6.61 Å². The Balaban J connectivity index is 0. The lowest BCUT2D eigenvalue weighted by molar-refractivity contribution is 0.273. The van der Waals surface area contributed by atoms with Crippen molar-refractivity contribution in [2.45, 2.75) is 48.1 Å². The molecule has 16 heavy (non-hydrogen) atoms. The van der Waals surface area contributed by atoms with E-state index in [1.165, 1.54) is 13.8 Å². The van der Waals surface area contributed by atoms with Crippen molar-refractivity contribution in [3.05, 3.63) is 34.4 Å². The number of rotatable bonds is 1. The number of aliphatic hydroxyl groups is 1. The summed E-state index contributed by atoms with van der Waals surface area (Å²) in [5, 5.41) is 8.74. The van der Waals surface area contributed by atoms with Gasteiger partial charge in [0.2, 0.25) is 0 Å². The molecule has 0 unspecified atom stereocenters. The van der Waals surface area contributed by atoms with Crippen molar-refractivity contribution in [2.75, 3.05) is 0 Å². The highest BCUT2D eigenvalue weighted by Crippen LogP contribution is 2.19. The molecule has 0 aromatic heterocycles. The molecule has 0 aliphatic carbocycles. The number of aryl methyl sites for hydroxylation is 1. The lowest BCUT2D eigenvalue weighted by Gasteiger charge is -2.07. The Labute approximate surface area is 97.1 Å². The molecule has 1 aromatic carbocycles. The van der Waals surface area contributed by atoms with E-state index < -0.39 is 18.2 Å². The number of halogens is 2. The van der Waals surface area contributed by atoms with Crippen LogP contribution in [0, 0.1) is 25.5 Å². The zero-order chi connectivity index (χ0) is 13.3. The van der Waals surface area contributed by atoms with Crippen LogP contribution in [-0.4, -0.2) is 5.11 Å². The van der Waals surface area contributed by atoms with Crippen LogP contribution in [0.5, 0.6) is 0 Å². The molecule has 1 aromatic rings. The second-order valence-corrected chi connectivity index (χ2v) is 2.75. The van der Waals surface area contributed by atoms with Crippen molar-refractivity contribution in [1.82, 2.24) is 0 Å². The topological polar surface area (TPSA) is 20.2 Å². The number of aliphatic hydroxyl groups excluding tert-OH is 1. The summed E-state index contributed by atoms with van der Waals surface area (Å²) in [6, 6.07) is 1.13. The van der Waals surface area contributed by atoms with Gasteiger partial charge in [0.1, 0.15) is 11.6 Å². The van der Waals surface area contributed by atoms with Crippen LogP contribution in [0.1, 0.15) is 44.4 Å². The van der Waals surface area contributed by atoms with Crippen molar-refractivity contribution >= 4 is 0 Å². The molecule has 0 amide bonds. The molecule has 0 saturated carbocycles. The Hall–Kier alpha value is -0.960. The van der Waals surface area contributed by atoms with Gasteiger partial charge in [-0.05, 0) is 31.0 Å². The first-order chi connectivity index (χ1) is 7.57. The number of benzene rings is 1. The molecule has 0 bridgehead atoms. The van der Waals surface area contributed by atoms with E-state index in [0.717, 1.165) is 6.07 Å². The van der Waals surface area contributed by atoms with Crippen molar-refractivity contribution in [1.29, 1.82) is 0 Å². The molecular formula is C13H22F2O. The molecule has 1 rings (SSSR count). The minimum absolute atomic E-state index is 0.0486. The van der Waals surface area contributed by atoms with Gasteiger partial charge in [-0.2, -0.15) is 0 Å². The number of hydrogen-bond acceptors (Lipinski definition) is 1. The Morgan fingerprint density at radius 3 is 1.88 bits per heavy atom. The lowest BCUT2D eigenvalue weighted by atomic mass is 10.0. The van der Waals surface area contributed by atoms with Crippen LogP contribution >= 0.6 is 0 Å². The van der Waals surface area contributed by atoms with Gasteiger partial charge < -0.3 is 5.11 Å². The van der Waals surface area contributed by atoms with Gasteiger partial charge in [0.15, 0.2) is 0 Å². The van der Waals surface area contributed by atoms with E-state index in [1.54, 1.807) is 0 Å². The highest BCUT2D eigenvalue weighted by molar-refractivity contribution is 5.33. The van der Waals surface area contributed by atoms with Crippen LogP contribution in [0.25, 0.3) is 0 Å². The van der Waals surface area contributed by atoms with Gasteiger partial charge in [-0.25, -0.2) is 8.78 Å². The molecule has 0 fully saturated rings. The Morgan fingerprint density at radius 2 is 1.50 bits per heavy atom. The predicted molar refractivity (Wildman–Crippen MR) is 64.5 cm³/mol. The Bertz CT molecular complexity index is 283. The fraction of sp³-hybridized carbons (Fsp3) is 0.538. The van der Waals surface area contributed by atoms with E-state index in [1.807, 2.05) is 27.7 Å². The van der Waals surface area contributed by atoms with Crippen LogP contribution in [0.15, 0.2) is 6.07 Å². The van der Waals surface area contributed by atoms with E-state index in [9.17, 15) is 8.78 Å². The quantitative estimate of drug-likeness (QED) is 0.772. The maximum atomic E-state index is 13.1. The summed E-state index contributed by atoms with van der Waals surface area (Å²) in [5.74, 6) is -0.991. The van der Waals surface area contributed by atoms with Gasteiger partial charge in [-0.3, -0.25) is 0 Å². The average Bonchev–Trinajstić information content (AvgIpc) is 2.33. The molecule has 0 aliphatic rings. The van der Waals surface area contributed by atoms with Crippen molar-refractivity contribution in [3.8, 4) is 0 Å². The molecule has 0 spiro atoms. The predicted octanol–water partition coefficient (Wildman–Crippen LogP) is 4.13. The first-order valence-electron chi connectivity index (χ1n) is 5.63. The summed E-state index contributed by atoms with van der Waals surface area (Å²) in [6.45, 7) is 10.5. The second-order valence-electron chi connectivity index (χ2n) is 2.75. The standard InChI is InChI=1S/C9H10F2O.2C2H6/c1-5-3-8(10)6(2)7(4-12)9(5)11;2*1-2/h3,12H,4H2,1-2H3;2*1-2H3. The summed E-state index contributed by atoms with van der Waals surface area (Å²) in [7, 11) is 0. The van der Waals surface area contributed by atoms with Crippen LogP contribution in [0.4, 0.5) is 8.78 Å². The minimum atomic E-state index is -0.517. The summed E-state index contributed by atoms with van der Waals surface area (Å²) in [6.07, 6.45) is 0. The third kappa shape index (κ3) is 4.27. The zero-order valence-corrected chi connectivity index (χ0v) is 11.0. The molecule has 0 saturated heterocycles. The fourth-order valence-corrected chi connectivity index (χ4v) is 1.10. The van der Waals surface area contributed by atoms with E-state index in [2.05, 4.69) is 0 Å². The SMILES string of the molecule is CC.CC.Cc1cc(F)c(C)c(CO)c1F. The van der Waals surface area contributed by atoms with Crippen LogP contribution in [0.3, 0.4) is 0 Å². The van der Waals surface area contributed by atoms with Gasteiger partial charge in [-0.15, -0.1) is 0 Å². The molecule has 0 atom stereocenters. The summed E-state index contributed by atoms with van der Waals surface area (Å²) >= 11 is 0. The Kier molecular flexibility index (Phi) is 10.1. The van der Waals surface area contributed by atoms with Crippen molar-refractivity contribution < 1.29 is 13.9 Å². The van der Waals surface area contributed by atoms with Crippen LogP contribution in [-0.2, 0) is 6.61 Å². The Morgan fingerprint density at radius 1 is 1.06 bits per heavy atom. The monoisotopic (exact) mass is 232 g/mol. The molecule has 0 aliphatic heterocycles. The van der Waals surface area contributed by atoms with E-state index in [-0.39, 0.29) is 16.7 Å². The normalized spacial score (nSPS) is 8.56. The second kappa shape index (κ2) is 9.28. The molecule has 1 nitrogen and oxygen atoms in total. The van der Waals surface area contributed by atoms with E-state index >= 15 is 0 Å². The average molecular weight is 232 g/mol. The van der Waals surface area contributed by atoms with Crippen molar-refractivity contribution in [3.63, 3.8) is 0 Å². The van der Waals surface area contributed by atoms with E-state index in [4.69, 9.17) is 5.11 Å². The van der Waals surface area contributed by atoms with Gasteiger partial charge in [0.25, 0.3) is 0 Å². The maximum absolute atomic E-state index is 13.1. The molecule has 0 heterocycles. The number of hydrogen-bond donors (Lipinski definition) is 1. The molecule has 1 N–H and O–H groups in total. The summed E-state index contributed by atoms with van der Waals surface area (Å²) in [5.41, 5.74) is 0.454. The van der Waals surface area contributed by atoms with Gasteiger partial charge in [-0.1, -0.05) is 27.7 Å². The third-order valence-corrected chi connectivity index (χ3v) is 1.92. The maximum Gasteiger partial charge on any atom is 0.132 e. The molecule has 0 radical (unpaired) electrons. The minimum Gasteiger partial charge on any atom is -0.392 e.